The van der Waals surface area contributed by atoms with E-state index in [0.29, 0.717) is 98.6 Å². The van der Waals surface area contributed by atoms with Gasteiger partial charge >= 0.3 is 0 Å². The number of rotatable bonds is 22. The predicted octanol–water partition coefficient (Wildman–Crippen LogP) is 23.7. The summed E-state index contributed by atoms with van der Waals surface area (Å²) in [5, 5.41) is 79.1. The molecule has 0 aliphatic heterocycles. The van der Waals surface area contributed by atoms with E-state index in [0.717, 1.165) is 106 Å². The number of nitrogens with one attached hydrogen (secondary N) is 6. The van der Waals surface area contributed by atoms with E-state index in [-0.39, 0.29) is 89.1 Å². The summed E-state index contributed by atoms with van der Waals surface area (Å²) in [4.78, 5) is 113. The van der Waals surface area contributed by atoms with Crippen molar-refractivity contribution in [2.24, 2.45) is 16.7 Å². The van der Waals surface area contributed by atoms with Crippen molar-refractivity contribution >= 4 is 154 Å². The first-order valence-electron chi connectivity index (χ1n) is 51.3. The molecular weight excluding hydrogens is 1890 g/mol. The highest BCUT2D eigenvalue weighted by Gasteiger charge is 2.51. The first-order chi connectivity index (χ1) is 69.8. The van der Waals surface area contributed by atoms with Gasteiger partial charge in [0.1, 0.15) is 0 Å². The summed E-state index contributed by atoms with van der Waals surface area (Å²) in [6.45, 7) is 68.5. The van der Waals surface area contributed by atoms with E-state index in [1.807, 2.05) is 182 Å². The number of carbonyl (C=O) groups excluding carboxylic acids is 6. The number of fused-ring (bicyclic) bond motifs is 6. The molecule has 12 N–H and O–H groups in total. The molecule has 6 heterocycles. The summed E-state index contributed by atoms with van der Waals surface area (Å²) in [7, 11) is 0. The van der Waals surface area contributed by atoms with Crippen LogP contribution in [-0.4, -0.2) is 135 Å². The summed E-state index contributed by atoms with van der Waals surface area (Å²) >= 11 is 0. The maximum atomic E-state index is 12.7. The number of aliphatic hydroxyl groups is 6. The quantitative estimate of drug-likeness (QED) is 0.0280. The minimum Gasteiger partial charge on any atom is -0.390 e. The Labute approximate surface area is 878 Å². The number of hydrogen-bond donors (Lipinski definition) is 12. The molecule has 18 rings (SSSR count). The maximum Gasteiger partial charge on any atom is 0.232 e. The molecule has 0 radical (unpaired) electrons. The van der Waals surface area contributed by atoms with E-state index >= 15 is 0 Å². The molecule has 0 bridgehead atoms. The summed E-state index contributed by atoms with van der Waals surface area (Å²) < 4.78 is 12.2. The minimum atomic E-state index is -1.29. The molecule has 6 amide bonds. The average molecular weight is 2040 g/mol. The van der Waals surface area contributed by atoms with Crippen LogP contribution >= 0.6 is 0 Å². The lowest BCUT2D eigenvalue weighted by Crippen LogP contribution is -2.31. The molecule has 4 aliphatic rings. The third-order valence-electron chi connectivity index (χ3n) is 27.2. The second-order valence-electron chi connectivity index (χ2n) is 47.6. The summed E-state index contributed by atoms with van der Waals surface area (Å²) in [6.07, 6.45) is 11.0. The number of anilines is 6. The number of aryl methyl sites for hydroxylation is 1. The fourth-order valence-corrected chi connectivity index (χ4v) is 18.4. The zero-order valence-corrected chi connectivity index (χ0v) is 91.2. The molecule has 150 heavy (non-hydrogen) atoms. The highest BCUT2D eigenvalue weighted by molar-refractivity contribution is 5.99. The monoisotopic (exact) mass is 2040 g/mol. The molecule has 8 aromatic carbocycles. The average Bonchev–Trinajstić information content (AvgIpc) is 1.55. The largest absolute Gasteiger partial charge is 0.390 e. The molecule has 0 spiro atoms. The van der Waals surface area contributed by atoms with E-state index in [4.69, 9.17) is 19.7 Å². The highest BCUT2D eigenvalue weighted by atomic mass is 16.3. The lowest BCUT2D eigenvalue weighted by atomic mass is 9.92. The van der Waals surface area contributed by atoms with Crippen molar-refractivity contribution in [2.75, 3.05) is 31.9 Å². The molecule has 4 fully saturated rings. The van der Waals surface area contributed by atoms with Crippen molar-refractivity contribution in [3.63, 3.8) is 0 Å². The van der Waals surface area contributed by atoms with Gasteiger partial charge in [0.15, 0.2) is 17.1 Å². The van der Waals surface area contributed by atoms with Gasteiger partial charge in [-0.25, -0.2) is 44.4 Å². The molecule has 4 aliphatic carbocycles. The van der Waals surface area contributed by atoms with Crippen LogP contribution < -0.4 is 31.9 Å². The smallest absolute Gasteiger partial charge is 0.232 e. The second kappa shape index (κ2) is 43.7. The molecule has 6 aromatic heterocycles. The lowest BCUT2D eigenvalue weighted by molar-refractivity contribution is -0.123. The van der Waals surface area contributed by atoms with E-state index in [9.17, 15) is 59.4 Å². The van der Waals surface area contributed by atoms with Crippen molar-refractivity contribution in [1.82, 2.24) is 57.3 Å². The third kappa shape index (κ3) is 27.5. The van der Waals surface area contributed by atoms with Gasteiger partial charge in [0.25, 0.3) is 0 Å². The van der Waals surface area contributed by atoms with Gasteiger partial charge in [-0.05, 0) is 309 Å². The van der Waals surface area contributed by atoms with Crippen molar-refractivity contribution in [1.29, 1.82) is 0 Å². The topological polar surface area (TPSA) is 416 Å². The van der Waals surface area contributed by atoms with Gasteiger partial charge in [0.2, 0.25) is 71.1 Å². The number of imidazole rings is 6. The normalized spacial score (nSPS) is 15.7. The van der Waals surface area contributed by atoms with E-state index in [1.54, 1.807) is 148 Å². The fourth-order valence-electron chi connectivity index (χ4n) is 18.4. The predicted molar refractivity (Wildman–Crippen MR) is 592 cm³/mol. The van der Waals surface area contributed by atoms with Gasteiger partial charge in [-0.2, -0.15) is 0 Å². The van der Waals surface area contributed by atoms with E-state index in [2.05, 4.69) is 117 Å². The Hall–Kier alpha value is -14.4. The molecule has 792 valence electrons. The Bertz CT molecular complexity index is 7320. The van der Waals surface area contributed by atoms with Crippen molar-refractivity contribution in [3.05, 3.63) is 232 Å². The summed E-state index contributed by atoms with van der Waals surface area (Å²) in [5.74, 6) is 2.02. The third-order valence-corrected chi connectivity index (χ3v) is 27.2. The molecule has 0 saturated heterocycles. The summed E-state index contributed by atoms with van der Waals surface area (Å²) in [6, 6.07) is 53.0. The van der Waals surface area contributed by atoms with Crippen LogP contribution in [0.15, 0.2) is 170 Å². The standard InChI is InChI=1S/2C22H24N4O2.C20H27N3O2.C19H27N3O2.C17H22N4O2.C17H23N3O2/c2*1-21(2,3)26-18-13-16(23-5)11-12-17(18)24-20(26)25-19(27)14-22(4,28)15-9-7-6-8-10-15;1-19(2)11-14(19)17(24)22-18-21-15-9-8-12(20(3,4)25)10-16(15)23(18)13-6-5-7-13;1-18(2,3)16(23)21-17-20-14-10-9-12(19(4,5)24)11-15(14)22(17)13-7-6-8-13;1-16(2,3)21-13-9-11(18-6)7-8-12(13)19-15(21)20-14(22)10-17(4,5)23;1-11-7-8-13-14(9-11)20(12-5-4-6-12)16(18-13)19-15(21)10-17(2,3)22/h2*6-13,28H,14H2,1-4H3,(H,24,25,27);8-10,13-14,25H,5-7,11H2,1-4H3,(H,21,22,24);9-11,13,24H,6-8H2,1-5H3,(H,20,21,23);7-9,23H,10H2,1-5H3,(H,19,20,22);7-9,12,22H,4-6,10H2,1-3H3,(H,18,19,21)/t2*22-;;;;/m10..../s1. The number of hydrogen-bond acceptors (Lipinski definition) is 18. The molecule has 3 atom stereocenters. The first kappa shape index (κ1) is 113. The Kier molecular flexibility index (Phi) is 32.8. The lowest BCUT2D eigenvalue weighted by Gasteiger charge is -2.30. The number of benzene rings is 8. The van der Waals surface area contributed by atoms with Gasteiger partial charge in [-0.1, -0.05) is 132 Å². The van der Waals surface area contributed by atoms with Gasteiger partial charge in [-0.3, -0.25) is 60.7 Å². The molecular formula is C117H147N21O12. The molecule has 1 unspecified atom stereocenters. The van der Waals surface area contributed by atoms with Crippen molar-refractivity contribution in [2.45, 2.75) is 331 Å². The fraction of sp³-hybridized carbons (Fsp3) is 0.462. The van der Waals surface area contributed by atoms with Gasteiger partial charge in [0, 0.05) is 46.1 Å². The summed E-state index contributed by atoms with van der Waals surface area (Å²) in [5.41, 5.74) is 8.04. The van der Waals surface area contributed by atoms with Crippen LogP contribution in [0.1, 0.15) is 302 Å². The number of carbonyl (C=O) groups is 6. The Balaban J connectivity index is 0.000000150. The Morgan fingerprint density at radius 3 is 0.893 bits per heavy atom. The maximum absolute atomic E-state index is 12.7. The number of nitrogens with zero attached hydrogens (tertiary/aromatic N) is 15. The Morgan fingerprint density at radius 2 is 0.613 bits per heavy atom. The van der Waals surface area contributed by atoms with Crippen LogP contribution in [0.3, 0.4) is 0 Å². The molecule has 4 saturated carbocycles. The van der Waals surface area contributed by atoms with E-state index in [1.165, 1.54) is 24.8 Å². The molecule has 33 nitrogen and oxygen atoms in total. The molecule has 33 heteroatoms. The highest BCUT2D eigenvalue weighted by Crippen LogP contribution is 2.53. The van der Waals surface area contributed by atoms with E-state index < -0.39 is 39.0 Å². The van der Waals surface area contributed by atoms with Crippen LogP contribution in [-0.2, 0) is 67.8 Å². The van der Waals surface area contributed by atoms with Gasteiger partial charge < -0.3 is 58.0 Å². The first-order valence-corrected chi connectivity index (χ1v) is 51.3. The zero-order chi connectivity index (χ0) is 110. The van der Waals surface area contributed by atoms with Crippen LogP contribution in [0.4, 0.5) is 52.8 Å². The zero-order valence-electron chi connectivity index (χ0n) is 91.2. The SMILES string of the molecule is CC(C)(C)C(=O)Nc1nc2ccc(C(C)(C)O)cc2n1C1CCC1.CC(C)(O)c1ccc2nc(NC(=O)C3CC3(C)C)n(C3CCC3)c2c1.Cc1ccc2nc(NC(=O)CC(C)(C)O)n(C3CCC3)c2c1.[C-]#[N+]c1ccc2nc(NC(=O)CC(C)(C)O)n(C(C)(C)C)c2c1.[C-]#[N+]c1ccc2nc(NC(=O)C[C@@](C)(O)c3ccccc3)n(C(C)(C)C)c2c1.[C-]#[N+]c1ccc2nc(NC(=O)C[C@](C)(O)c3ccccc3)n(C(C)(C)C)c2c1. The number of aromatic nitrogens is 12. The van der Waals surface area contributed by atoms with Gasteiger partial charge in [0.05, 0.1) is 145 Å². The number of amides is 6. The Morgan fingerprint density at radius 1 is 0.340 bits per heavy atom. The van der Waals surface area contributed by atoms with Gasteiger partial charge in [-0.15, -0.1) is 0 Å². The van der Waals surface area contributed by atoms with Crippen LogP contribution in [0.25, 0.3) is 80.7 Å². The van der Waals surface area contributed by atoms with Crippen molar-refractivity contribution < 1.29 is 59.4 Å². The van der Waals surface area contributed by atoms with Crippen LogP contribution in [0, 0.1) is 43.4 Å². The minimum absolute atomic E-state index is 0.0202. The van der Waals surface area contributed by atoms with Crippen LogP contribution in [0.2, 0.25) is 0 Å². The van der Waals surface area contributed by atoms with Crippen LogP contribution in [0.5, 0.6) is 0 Å². The van der Waals surface area contributed by atoms with Crippen molar-refractivity contribution in [3.8, 4) is 0 Å². The second-order valence-corrected chi connectivity index (χ2v) is 47.6. The molecule has 14 aromatic rings.